The standard InChI is InChI=1S/C22H14Cl2/c23-21(16-11-5-2-6-12-16)20-17-13-7-8-14-18(17)22(24)19(20)15-9-3-1-4-10-15/h1-14H/b21-20-. The van der Waals surface area contributed by atoms with E-state index in [4.69, 9.17) is 23.2 Å². The highest BCUT2D eigenvalue weighted by Gasteiger charge is 2.28. The first-order valence-electron chi connectivity index (χ1n) is 7.78. The maximum Gasteiger partial charge on any atom is 0.0569 e. The van der Waals surface area contributed by atoms with Gasteiger partial charge in [-0.15, -0.1) is 0 Å². The van der Waals surface area contributed by atoms with E-state index in [2.05, 4.69) is 18.2 Å². The molecule has 0 spiro atoms. The molecular weight excluding hydrogens is 335 g/mol. The lowest BCUT2D eigenvalue weighted by Gasteiger charge is -2.11. The topological polar surface area (TPSA) is 0 Å². The highest BCUT2D eigenvalue weighted by Crippen LogP contribution is 2.51. The third-order valence-corrected chi connectivity index (χ3v) is 5.01. The molecule has 0 nitrogen and oxygen atoms in total. The van der Waals surface area contributed by atoms with Crippen LogP contribution in [0, 0.1) is 0 Å². The van der Waals surface area contributed by atoms with Gasteiger partial charge in [0.05, 0.1) is 10.1 Å². The first kappa shape index (κ1) is 15.3. The van der Waals surface area contributed by atoms with Crippen LogP contribution in [0.3, 0.4) is 0 Å². The highest BCUT2D eigenvalue weighted by molar-refractivity contribution is 6.62. The minimum Gasteiger partial charge on any atom is -0.0830 e. The zero-order valence-corrected chi connectivity index (χ0v) is 14.4. The molecule has 0 aliphatic heterocycles. The van der Waals surface area contributed by atoms with Gasteiger partial charge < -0.3 is 0 Å². The van der Waals surface area contributed by atoms with Crippen LogP contribution >= 0.6 is 23.2 Å². The van der Waals surface area contributed by atoms with Crippen molar-refractivity contribution in [2.45, 2.75) is 0 Å². The molecule has 0 bridgehead atoms. The van der Waals surface area contributed by atoms with Gasteiger partial charge in [0.15, 0.2) is 0 Å². The van der Waals surface area contributed by atoms with Crippen molar-refractivity contribution >= 4 is 44.4 Å². The summed E-state index contributed by atoms with van der Waals surface area (Å²) in [6.07, 6.45) is 0. The van der Waals surface area contributed by atoms with Crippen molar-refractivity contribution in [1.29, 1.82) is 0 Å². The molecule has 0 atom stereocenters. The number of allylic oxidation sites excluding steroid dienone is 2. The molecule has 2 heteroatoms. The van der Waals surface area contributed by atoms with E-state index in [1.54, 1.807) is 0 Å². The van der Waals surface area contributed by atoms with Gasteiger partial charge in [-0.05, 0) is 16.7 Å². The normalized spacial score (nSPS) is 15.4. The summed E-state index contributed by atoms with van der Waals surface area (Å²) in [5.41, 5.74) is 6.16. The predicted molar refractivity (Wildman–Crippen MR) is 105 cm³/mol. The van der Waals surface area contributed by atoms with Gasteiger partial charge in [-0.2, -0.15) is 0 Å². The van der Waals surface area contributed by atoms with Crippen molar-refractivity contribution in [1.82, 2.24) is 0 Å². The summed E-state index contributed by atoms with van der Waals surface area (Å²) < 4.78 is 0. The lowest BCUT2D eigenvalue weighted by atomic mass is 9.95. The fourth-order valence-corrected chi connectivity index (χ4v) is 3.79. The molecule has 3 aromatic carbocycles. The summed E-state index contributed by atoms with van der Waals surface area (Å²) in [6, 6.07) is 28.3. The Bertz CT molecular complexity index is 952. The summed E-state index contributed by atoms with van der Waals surface area (Å²) in [4.78, 5) is 0. The molecule has 24 heavy (non-hydrogen) atoms. The van der Waals surface area contributed by atoms with E-state index >= 15 is 0 Å². The molecule has 4 rings (SSSR count). The van der Waals surface area contributed by atoms with Gasteiger partial charge in [0, 0.05) is 16.7 Å². The predicted octanol–water partition coefficient (Wildman–Crippen LogP) is 6.91. The first-order valence-corrected chi connectivity index (χ1v) is 8.53. The van der Waals surface area contributed by atoms with E-state index in [1.165, 1.54) is 0 Å². The van der Waals surface area contributed by atoms with Crippen LogP contribution in [0.2, 0.25) is 0 Å². The number of halogens is 2. The van der Waals surface area contributed by atoms with Gasteiger partial charge in [-0.3, -0.25) is 0 Å². The Kier molecular flexibility index (Phi) is 4.02. The summed E-state index contributed by atoms with van der Waals surface area (Å²) >= 11 is 13.6. The Balaban J connectivity index is 2.03. The summed E-state index contributed by atoms with van der Waals surface area (Å²) in [6.45, 7) is 0. The Labute approximate surface area is 151 Å². The summed E-state index contributed by atoms with van der Waals surface area (Å²) in [7, 11) is 0. The smallest absolute Gasteiger partial charge is 0.0569 e. The summed E-state index contributed by atoms with van der Waals surface area (Å²) in [5, 5.41) is 1.47. The van der Waals surface area contributed by atoms with E-state index < -0.39 is 0 Å². The van der Waals surface area contributed by atoms with Crippen molar-refractivity contribution in [2.75, 3.05) is 0 Å². The molecule has 0 fully saturated rings. The van der Waals surface area contributed by atoms with Gasteiger partial charge in [-0.25, -0.2) is 0 Å². The molecular formula is C22H14Cl2. The second kappa shape index (κ2) is 6.32. The van der Waals surface area contributed by atoms with E-state index in [-0.39, 0.29) is 0 Å². The van der Waals surface area contributed by atoms with Crippen LogP contribution in [0.1, 0.15) is 22.3 Å². The minimum absolute atomic E-state index is 0.720. The molecule has 1 aliphatic rings. The van der Waals surface area contributed by atoms with E-state index in [9.17, 15) is 0 Å². The highest BCUT2D eigenvalue weighted by atomic mass is 35.5. The molecule has 0 saturated carbocycles. The first-order chi connectivity index (χ1) is 11.8. The quantitative estimate of drug-likeness (QED) is 0.471. The minimum atomic E-state index is 0.720. The largest absolute Gasteiger partial charge is 0.0830 e. The number of fused-ring (bicyclic) bond motifs is 1. The van der Waals surface area contributed by atoms with Crippen LogP contribution in [-0.2, 0) is 0 Å². The zero-order valence-electron chi connectivity index (χ0n) is 12.8. The van der Waals surface area contributed by atoms with Crippen LogP contribution in [0.25, 0.3) is 21.2 Å². The Morgan fingerprint density at radius 2 is 1.17 bits per heavy atom. The molecule has 0 radical (unpaired) electrons. The molecule has 3 aromatic rings. The van der Waals surface area contributed by atoms with E-state index in [1.807, 2.05) is 66.7 Å². The second-order valence-electron chi connectivity index (χ2n) is 5.66. The van der Waals surface area contributed by atoms with Crippen molar-refractivity contribution in [3.8, 4) is 0 Å². The molecule has 0 heterocycles. The monoisotopic (exact) mass is 348 g/mol. The van der Waals surface area contributed by atoms with E-state index in [0.29, 0.717) is 0 Å². The van der Waals surface area contributed by atoms with Crippen molar-refractivity contribution in [2.24, 2.45) is 0 Å². The number of hydrogen-bond acceptors (Lipinski definition) is 0. The third kappa shape index (κ3) is 2.49. The van der Waals surface area contributed by atoms with Crippen LogP contribution < -0.4 is 0 Å². The van der Waals surface area contributed by atoms with Gasteiger partial charge in [0.25, 0.3) is 0 Å². The van der Waals surface area contributed by atoms with Gasteiger partial charge in [0.1, 0.15) is 0 Å². The lowest BCUT2D eigenvalue weighted by Crippen LogP contribution is -1.89. The number of rotatable bonds is 2. The van der Waals surface area contributed by atoms with Gasteiger partial charge >= 0.3 is 0 Å². The van der Waals surface area contributed by atoms with Crippen LogP contribution in [0.4, 0.5) is 0 Å². The van der Waals surface area contributed by atoms with Crippen molar-refractivity contribution in [3.05, 3.63) is 107 Å². The Morgan fingerprint density at radius 1 is 0.625 bits per heavy atom. The SMILES string of the molecule is ClC1=C(c2ccccc2)/C(=C(\Cl)c2ccccc2)c2ccccc21. The van der Waals surface area contributed by atoms with Gasteiger partial charge in [-0.1, -0.05) is 108 Å². The maximum absolute atomic E-state index is 6.84. The average molecular weight is 349 g/mol. The summed E-state index contributed by atoms with van der Waals surface area (Å²) in [5.74, 6) is 0. The Hall–Kier alpha value is -2.28. The van der Waals surface area contributed by atoms with Crippen molar-refractivity contribution < 1.29 is 0 Å². The molecule has 0 aromatic heterocycles. The van der Waals surface area contributed by atoms with E-state index in [0.717, 1.165) is 43.5 Å². The molecule has 0 amide bonds. The zero-order chi connectivity index (χ0) is 16.5. The molecule has 116 valence electrons. The Morgan fingerprint density at radius 3 is 1.83 bits per heavy atom. The molecule has 0 unspecified atom stereocenters. The maximum atomic E-state index is 6.84. The third-order valence-electron chi connectivity index (χ3n) is 4.21. The average Bonchev–Trinajstić information content (AvgIpc) is 2.95. The van der Waals surface area contributed by atoms with Crippen molar-refractivity contribution in [3.63, 3.8) is 0 Å². The fraction of sp³-hybridized carbons (Fsp3) is 0. The molecule has 1 aliphatic carbocycles. The van der Waals surface area contributed by atoms with Crippen LogP contribution in [0.15, 0.2) is 84.9 Å². The molecule has 0 N–H and O–H groups in total. The second-order valence-corrected chi connectivity index (χ2v) is 6.41. The number of benzene rings is 3. The van der Waals surface area contributed by atoms with Gasteiger partial charge in [0.2, 0.25) is 0 Å². The van der Waals surface area contributed by atoms with Crippen LogP contribution in [0.5, 0.6) is 0 Å². The molecule has 0 saturated heterocycles. The fourth-order valence-electron chi connectivity index (χ4n) is 3.10. The van der Waals surface area contributed by atoms with Crippen LogP contribution in [-0.4, -0.2) is 0 Å². The lowest BCUT2D eigenvalue weighted by molar-refractivity contribution is 1.60. The number of hydrogen-bond donors (Lipinski definition) is 0.